The minimum atomic E-state index is -0.546. The Labute approximate surface area is 125 Å². The predicted octanol–water partition coefficient (Wildman–Crippen LogP) is 2.45. The number of amides is 1. The van der Waals surface area contributed by atoms with Crippen LogP contribution in [-0.4, -0.2) is 31.1 Å². The molecule has 2 aromatic heterocycles. The van der Waals surface area contributed by atoms with Gasteiger partial charge in [-0.3, -0.25) is 9.89 Å². The van der Waals surface area contributed by atoms with Gasteiger partial charge in [0.15, 0.2) is 10.3 Å². The van der Waals surface area contributed by atoms with Crippen LogP contribution in [0.4, 0.5) is 5.69 Å². The summed E-state index contributed by atoms with van der Waals surface area (Å²) in [5, 5.41) is 9.16. The van der Waals surface area contributed by atoms with E-state index < -0.39 is 5.91 Å². The highest BCUT2D eigenvalue weighted by molar-refractivity contribution is 6.38. The van der Waals surface area contributed by atoms with E-state index in [1.54, 1.807) is 0 Å². The number of aromatic amines is 1. The molecule has 0 aromatic carbocycles. The molecule has 7 nitrogen and oxygen atoms in total. The molecule has 0 saturated heterocycles. The fourth-order valence-corrected chi connectivity index (χ4v) is 1.72. The van der Waals surface area contributed by atoms with Gasteiger partial charge in [-0.1, -0.05) is 44.0 Å². The number of anilines is 1. The van der Waals surface area contributed by atoms with Crippen LogP contribution in [0.15, 0.2) is 6.33 Å². The van der Waals surface area contributed by atoms with Gasteiger partial charge in [0.2, 0.25) is 5.82 Å². The van der Waals surface area contributed by atoms with Gasteiger partial charge in [-0.15, -0.1) is 5.10 Å². The van der Waals surface area contributed by atoms with Crippen LogP contribution in [0.25, 0.3) is 0 Å². The van der Waals surface area contributed by atoms with Gasteiger partial charge in [-0.05, 0) is 0 Å². The van der Waals surface area contributed by atoms with Crippen molar-refractivity contribution in [3.8, 4) is 0 Å². The number of carbonyl (C=O) groups excluding carboxylic acids is 1. The molecule has 0 saturated carbocycles. The molecule has 0 bridgehead atoms. The number of hydrogen-bond acceptors (Lipinski definition) is 5. The molecule has 2 N–H and O–H groups in total. The van der Waals surface area contributed by atoms with Gasteiger partial charge in [0.05, 0.1) is 0 Å². The maximum Gasteiger partial charge on any atom is 0.295 e. The number of rotatable bonds is 2. The van der Waals surface area contributed by atoms with E-state index in [0.717, 1.165) is 0 Å². The first kappa shape index (κ1) is 14.7. The number of hydrogen-bond donors (Lipinski definition) is 2. The molecular formula is C11H12Cl2N6O. The van der Waals surface area contributed by atoms with Crippen LogP contribution in [0, 0.1) is 0 Å². The Hall–Kier alpha value is -1.73. The van der Waals surface area contributed by atoms with Crippen molar-refractivity contribution in [2.24, 2.45) is 0 Å². The van der Waals surface area contributed by atoms with Crippen LogP contribution < -0.4 is 5.32 Å². The maximum atomic E-state index is 12.0. The fourth-order valence-electron chi connectivity index (χ4n) is 1.32. The Balaban J connectivity index is 2.23. The Morgan fingerprint density at radius 2 is 1.85 bits per heavy atom. The third kappa shape index (κ3) is 3.05. The molecule has 2 aromatic rings. The molecule has 0 aliphatic rings. The monoisotopic (exact) mass is 314 g/mol. The van der Waals surface area contributed by atoms with Crippen LogP contribution in [-0.2, 0) is 5.41 Å². The van der Waals surface area contributed by atoms with Crippen LogP contribution in [0.3, 0.4) is 0 Å². The first-order chi connectivity index (χ1) is 9.29. The van der Waals surface area contributed by atoms with Gasteiger partial charge in [0.1, 0.15) is 17.8 Å². The number of H-pyrrole nitrogens is 1. The molecule has 9 heteroatoms. The van der Waals surface area contributed by atoms with Crippen LogP contribution in [0.5, 0.6) is 0 Å². The van der Waals surface area contributed by atoms with Crippen LogP contribution >= 0.6 is 23.2 Å². The molecule has 1 amide bonds. The first-order valence-electron chi connectivity index (χ1n) is 5.69. The average Bonchev–Trinajstić information content (AvgIpc) is 2.83. The lowest BCUT2D eigenvalue weighted by atomic mass is 9.96. The normalized spacial score (nSPS) is 11.4. The molecule has 0 atom stereocenters. The van der Waals surface area contributed by atoms with Crippen molar-refractivity contribution >= 4 is 34.8 Å². The Kier molecular flexibility index (Phi) is 3.92. The second-order valence-corrected chi connectivity index (χ2v) is 5.76. The van der Waals surface area contributed by atoms with Gasteiger partial charge < -0.3 is 5.32 Å². The van der Waals surface area contributed by atoms with Crippen molar-refractivity contribution in [3.05, 3.63) is 28.3 Å². The van der Waals surface area contributed by atoms with Crippen molar-refractivity contribution in [2.75, 3.05) is 5.32 Å². The smallest absolute Gasteiger partial charge is 0.295 e. The summed E-state index contributed by atoms with van der Waals surface area (Å²) in [6, 6.07) is 0. The van der Waals surface area contributed by atoms with E-state index >= 15 is 0 Å². The zero-order valence-electron chi connectivity index (χ0n) is 11.0. The lowest BCUT2D eigenvalue weighted by Gasteiger charge is -2.12. The van der Waals surface area contributed by atoms with Crippen molar-refractivity contribution in [3.63, 3.8) is 0 Å². The minimum absolute atomic E-state index is 0.00842. The summed E-state index contributed by atoms with van der Waals surface area (Å²) >= 11 is 11.7. The quantitative estimate of drug-likeness (QED) is 0.830. The van der Waals surface area contributed by atoms with Gasteiger partial charge in [0, 0.05) is 5.41 Å². The van der Waals surface area contributed by atoms with E-state index in [4.69, 9.17) is 23.2 Å². The predicted molar refractivity (Wildman–Crippen MR) is 75.1 cm³/mol. The van der Waals surface area contributed by atoms with Crippen molar-refractivity contribution in [1.82, 2.24) is 25.1 Å². The summed E-state index contributed by atoms with van der Waals surface area (Å²) in [6.07, 6.45) is 1.20. The topological polar surface area (TPSA) is 96.5 Å². The van der Waals surface area contributed by atoms with E-state index in [-0.39, 0.29) is 27.2 Å². The van der Waals surface area contributed by atoms with E-state index in [0.29, 0.717) is 5.82 Å². The standard InChI is InChI=1S/C11H12Cl2N6O/c1-11(2,3)10-17-8(18-19-10)9(20)16-5-6(12)14-4-15-7(5)13/h4H,1-3H3,(H,16,20)(H,17,18,19). The third-order valence-electron chi connectivity index (χ3n) is 2.39. The van der Waals surface area contributed by atoms with Crippen LogP contribution in [0.2, 0.25) is 10.3 Å². The lowest BCUT2D eigenvalue weighted by Crippen LogP contribution is -2.16. The number of nitrogens with zero attached hydrogens (tertiary/aromatic N) is 4. The van der Waals surface area contributed by atoms with E-state index in [1.807, 2.05) is 20.8 Å². The van der Waals surface area contributed by atoms with E-state index in [2.05, 4.69) is 30.5 Å². The highest BCUT2D eigenvalue weighted by Crippen LogP contribution is 2.26. The van der Waals surface area contributed by atoms with Crippen molar-refractivity contribution < 1.29 is 4.79 Å². The molecular weight excluding hydrogens is 303 g/mol. The summed E-state index contributed by atoms with van der Waals surface area (Å²) in [5.41, 5.74) is -0.112. The molecule has 0 unspecified atom stereocenters. The molecule has 0 aliphatic heterocycles. The van der Waals surface area contributed by atoms with Gasteiger partial charge in [-0.25, -0.2) is 15.0 Å². The second-order valence-electron chi connectivity index (χ2n) is 5.04. The van der Waals surface area contributed by atoms with Gasteiger partial charge in [0.25, 0.3) is 5.91 Å². The molecule has 2 rings (SSSR count). The van der Waals surface area contributed by atoms with Crippen LogP contribution in [0.1, 0.15) is 37.2 Å². The molecule has 20 heavy (non-hydrogen) atoms. The van der Waals surface area contributed by atoms with Crippen molar-refractivity contribution in [1.29, 1.82) is 0 Å². The maximum absolute atomic E-state index is 12.0. The first-order valence-corrected chi connectivity index (χ1v) is 6.45. The largest absolute Gasteiger partial charge is 0.314 e. The summed E-state index contributed by atoms with van der Waals surface area (Å²) in [6.45, 7) is 5.86. The lowest BCUT2D eigenvalue weighted by molar-refractivity contribution is 0.101. The number of nitrogens with one attached hydrogen (secondary N) is 2. The van der Waals surface area contributed by atoms with Crippen molar-refractivity contribution in [2.45, 2.75) is 26.2 Å². The van der Waals surface area contributed by atoms with E-state index in [9.17, 15) is 4.79 Å². The SMILES string of the molecule is CC(C)(C)c1nc(C(=O)Nc2c(Cl)ncnc2Cl)n[nH]1. The van der Waals surface area contributed by atoms with Gasteiger partial charge >= 0.3 is 0 Å². The highest BCUT2D eigenvalue weighted by atomic mass is 35.5. The Morgan fingerprint density at radius 1 is 1.25 bits per heavy atom. The summed E-state index contributed by atoms with van der Waals surface area (Å²) < 4.78 is 0. The molecule has 0 radical (unpaired) electrons. The Bertz CT molecular complexity index is 628. The zero-order chi connectivity index (χ0) is 14.9. The Morgan fingerprint density at radius 3 is 2.35 bits per heavy atom. The third-order valence-corrected chi connectivity index (χ3v) is 2.97. The van der Waals surface area contributed by atoms with Gasteiger partial charge in [-0.2, -0.15) is 0 Å². The molecule has 2 heterocycles. The highest BCUT2D eigenvalue weighted by Gasteiger charge is 2.22. The second kappa shape index (κ2) is 5.34. The fraction of sp³-hybridized carbons (Fsp3) is 0.364. The minimum Gasteiger partial charge on any atom is -0.314 e. The number of halogens is 2. The summed E-state index contributed by atoms with van der Waals surface area (Å²) in [4.78, 5) is 23.6. The molecule has 0 fully saturated rings. The zero-order valence-corrected chi connectivity index (χ0v) is 12.5. The molecule has 106 valence electrons. The molecule has 0 aliphatic carbocycles. The number of aromatic nitrogens is 5. The summed E-state index contributed by atoms with van der Waals surface area (Å²) in [5.74, 6) is 0.0467. The molecule has 0 spiro atoms. The average molecular weight is 315 g/mol. The summed E-state index contributed by atoms with van der Waals surface area (Å²) in [7, 11) is 0. The number of carbonyl (C=O) groups is 1. The van der Waals surface area contributed by atoms with E-state index in [1.165, 1.54) is 6.33 Å².